The van der Waals surface area contributed by atoms with Crippen LogP contribution in [0, 0.1) is 12.8 Å². The molecular weight excluding hydrogens is 266 g/mol. The molecule has 5 nitrogen and oxygen atoms in total. The van der Waals surface area contributed by atoms with Crippen molar-refractivity contribution >= 4 is 6.03 Å². The maximum Gasteiger partial charge on any atom is 0.317 e. The highest BCUT2D eigenvalue weighted by Crippen LogP contribution is 2.10. The van der Waals surface area contributed by atoms with Gasteiger partial charge in [0, 0.05) is 19.1 Å². The van der Waals surface area contributed by atoms with Crippen molar-refractivity contribution in [1.82, 2.24) is 15.1 Å². The van der Waals surface area contributed by atoms with Crippen molar-refractivity contribution in [3.8, 4) is 0 Å². The highest BCUT2D eigenvalue weighted by atomic mass is 16.3. The molecule has 1 aromatic heterocycles. The number of hydrogen-bond donors (Lipinski definition) is 1. The van der Waals surface area contributed by atoms with Gasteiger partial charge >= 0.3 is 6.03 Å². The molecule has 0 aliphatic carbocycles. The fourth-order valence-corrected chi connectivity index (χ4v) is 2.40. The molecule has 1 heterocycles. The van der Waals surface area contributed by atoms with Crippen LogP contribution >= 0.6 is 0 Å². The van der Waals surface area contributed by atoms with E-state index in [2.05, 4.69) is 24.1 Å². The summed E-state index contributed by atoms with van der Waals surface area (Å²) in [4.78, 5) is 16.2. The number of aryl methyl sites for hydroxylation is 1. The molecule has 0 aromatic carbocycles. The van der Waals surface area contributed by atoms with Gasteiger partial charge in [-0.1, -0.05) is 13.8 Å². The summed E-state index contributed by atoms with van der Waals surface area (Å²) in [5.74, 6) is 2.18. The van der Waals surface area contributed by atoms with Gasteiger partial charge in [0.2, 0.25) is 0 Å². The maximum atomic E-state index is 12.3. The van der Waals surface area contributed by atoms with E-state index in [-0.39, 0.29) is 6.03 Å². The predicted octanol–water partition coefficient (Wildman–Crippen LogP) is 2.71. The standard InChI is InChI=1S/C16H29N3O2/c1-7-19(11-14-9-8-13(4)21-14)16(20)17-10-15(12(2)3)18(5)6/h8-9,12,15H,7,10-11H2,1-6H3,(H,17,20)/t15-/m1/s1. The molecule has 21 heavy (non-hydrogen) atoms. The Kier molecular flexibility index (Phi) is 6.75. The molecular formula is C16H29N3O2. The van der Waals surface area contributed by atoms with E-state index in [0.29, 0.717) is 31.6 Å². The van der Waals surface area contributed by atoms with Gasteiger partial charge in [-0.2, -0.15) is 0 Å². The molecule has 0 aliphatic rings. The first-order valence-corrected chi connectivity index (χ1v) is 7.59. The highest BCUT2D eigenvalue weighted by Gasteiger charge is 2.19. The molecule has 0 fully saturated rings. The van der Waals surface area contributed by atoms with E-state index in [4.69, 9.17) is 4.42 Å². The number of furan rings is 1. The molecule has 2 amide bonds. The van der Waals surface area contributed by atoms with E-state index >= 15 is 0 Å². The monoisotopic (exact) mass is 295 g/mol. The van der Waals surface area contributed by atoms with Gasteiger partial charge in [0.05, 0.1) is 6.54 Å². The fraction of sp³-hybridized carbons (Fsp3) is 0.688. The number of carbonyl (C=O) groups is 1. The van der Waals surface area contributed by atoms with Crippen LogP contribution in [0.1, 0.15) is 32.3 Å². The second-order valence-electron chi connectivity index (χ2n) is 5.99. The first kappa shape index (κ1) is 17.6. The zero-order valence-corrected chi connectivity index (χ0v) is 14.1. The predicted molar refractivity (Wildman–Crippen MR) is 85.2 cm³/mol. The second kappa shape index (κ2) is 8.08. The number of urea groups is 1. The second-order valence-corrected chi connectivity index (χ2v) is 5.99. The third-order valence-corrected chi connectivity index (χ3v) is 3.71. The Bertz CT molecular complexity index is 432. The zero-order chi connectivity index (χ0) is 16.0. The van der Waals surface area contributed by atoms with Crippen LogP contribution in [0.2, 0.25) is 0 Å². The van der Waals surface area contributed by atoms with Crippen molar-refractivity contribution in [2.75, 3.05) is 27.2 Å². The lowest BCUT2D eigenvalue weighted by atomic mass is 10.0. The molecule has 0 radical (unpaired) electrons. The molecule has 1 N–H and O–H groups in total. The van der Waals surface area contributed by atoms with Gasteiger partial charge in [0.1, 0.15) is 11.5 Å². The van der Waals surface area contributed by atoms with Gasteiger partial charge in [-0.15, -0.1) is 0 Å². The Morgan fingerprint density at radius 1 is 1.33 bits per heavy atom. The molecule has 5 heteroatoms. The smallest absolute Gasteiger partial charge is 0.317 e. The molecule has 120 valence electrons. The Morgan fingerprint density at radius 3 is 2.43 bits per heavy atom. The van der Waals surface area contributed by atoms with Crippen molar-refractivity contribution in [3.63, 3.8) is 0 Å². The number of nitrogens with zero attached hydrogens (tertiary/aromatic N) is 2. The number of likely N-dealkylation sites (N-methyl/N-ethyl adjacent to an activating group) is 1. The molecule has 1 aromatic rings. The first-order valence-electron chi connectivity index (χ1n) is 7.59. The van der Waals surface area contributed by atoms with E-state index in [9.17, 15) is 4.79 Å². The molecule has 1 rings (SSSR count). The number of amides is 2. The summed E-state index contributed by atoms with van der Waals surface area (Å²) in [6.07, 6.45) is 0. The van der Waals surface area contributed by atoms with Crippen LogP contribution in [0.25, 0.3) is 0 Å². The summed E-state index contributed by atoms with van der Waals surface area (Å²) in [6.45, 7) is 10.0. The van der Waals surface area contributed by atoms with Crippen LogP contribution in [0.4, 0.5) is 4.79 Å². The quantitative estimate of drug-likeness (QED) is 0.841. The van der Waals surface area contributed by atoms with Crippen molar-refractivity contribution < 1.29 is 9.21 Å². The van der Waals surface area contributed by atoms with Gasteiger partial charge in [-0.25, -0.2) is 4.79 Å². The summed E-state index contributed by atoms with van der Waals surface area (Å²) in [5.41, 5.74) is 0. The summed E-state index contributed by atoms with van der Waals surface area (Å²) in [6, 6.07) is 4.13. The number of carbonyl (C=O) groups excluding carboxylic acids is 1. The van der Waals surface area contributed by atoms with Gasteiger partial charge in [0.15, 0.2) is 0 Å². The van der Waals surface area contributed by atoms with Crippen LogP contribution in [0.15, 0.2) is 16.5 Å². The number of nitrogens with one attached hydrogen (secondary N) is 1. The molecule has 0 bridgehead atoms. The van der Waals surface area contributed by atoms with Gasteiger partial charge < -0.3 is 19.5 Å². The third-order valence-electron chi connectivity index (χ3n) is 3.71. The average Bonchev–Trinajstić information content (AvgIpc) is 2.80. The summed E-state index contributed by atoms with van der Waals surface area (Å²) >= 11 is 0. The van der Waals surface area contributed by atoms with Gasteiger partial charge in [-0.05, 0) is 46.0 Å². The minimum atomic E-state index is -0.0425. The fourth-order valence-electron chi connectivity index (χ4n) is 2.40. The molecule has 0 aliphatic heterocycles. The summed E-state index contributed by atoms with van der Waals surface area (Å²) in [5, 5.41) is 3.03. The van der Waals surface area contributed by atoms with Crippen LogP contribution in [0.3, 0.4) is 0 Å². The Hall–Kier alpha value is -1.49. The lowest BCUT2D eigenvalue weighted by Gasteiger charge is -2.29. The number of rotatable bonds is 7. The largest absolute Gasteiger partial charge is 0.464 e. The Balaban J connectivity index is 2.55. The molecule has 0 spiro atoms. The first-order chi connectivity index (χ1) is 9.85. The van der Waals surface area contributed by atoms with Gasteiger partial charge in [-0.3, -0.25) is 0 Å². The van der Waals surface area contributed by atoms with Crippen LogP contribution in [-0.4, -0.2) is 49.1 Å². The lowest BCUT2D eigenvalue weighted by Crippen LogP contribution is -2.47. The van der Waals surface area contributed by atoms with Crippen LogP contribution < -0.4 is 5.32 Å². The topological polar surface area (TPSA) is 48.7 Å². The lowest BCUT2D eigenvalue weighted by molar-refractivity contribution is 0.181. The van der Waals surface area contributed by atoms with Crippen molar-refractivity contribution in [1.29, 1.82) is 0 Å². The maximum absolute atomic E-state index is 12.3. The van der Waals surface area contributed by atoms with Crippen molar-refractivity contribution in [2.24, 2.45) is 5.92 Å². The van der Waals surface area contributed by atoms with Crippen molar-refractivity contribution in [2.45, 2.75) is 40.3 Å². The zero-order valence-electron chi connectivity index (χ0n) is 14.1. The molecule has 0 saturated heterocycles. The van der Waals surface area contributed by atoms with E-state index in [1.807, 2.05) is 40.1 Å². The van der Waals surface area contributed by atoms with Gasteiger partial charge in [0.25, 0.3) is 0 Å². The number of hydrogen-bond acceptors (Lipinski definition) is 3. The summed E-state index contributed by atoms with van der Waals surface area (Å²) < 4.78 is 5.54. The summed E-state index contributed by atoms with van der Waals surface area (Å²) in [7, 11) is 4.08. The Morgan fingerprint density at radius 2 is 2.00 bits per heavy atom. The highest BCUT2D eigenvalue weighted by molar-refractivity contribution is 5.74. The van der Waals surface area contributed by atoms with Crippen LogP contribution in [-0.2, 0) is 6.54 Å². The SMILES string of the molecule is CCN(Cc1ccc(C)o1)C(=O)NC[C@H](C(C)C)N(C)C. The van der Waals surface area contributed by atoms with Crippen LogP contribution in [0.5, 0.6) is 0 Å². The minimum absolute atomic E-state index is 0.0425. The molecule has 1 atom stereocenters. The van der Waals surface area contributed by atoms with E-state index in [1.165, 1.54) is 0 Å². The third kappa shape index (κ3) is 5.42. The van der Waals surface area contributed by atoms with Crippen molar-refractivity contribution in [3.05, 3.63) is 23.7 Å². The Labute approximate surface area is 128 Å². The minimum Gasteiger partial charge on any atom is -0.464 e. The van der Waals surface area contributed by atoms with E-state index < -0.39 is 0 Å². The molecule has 0 unspecified atom stereocenters. The van der Waals surface area contributed by atoms with E-state index in [1.54, 1.807) is 4.90 Å². The molecule has 0 saturated carbocycles. The average molecular weight is 295 g/mol. The normalized spacial score (nSPS) is 12.8. The van der Waals surface area contributed by atoms with E-state index in [0.717, 1.165) is 11.5 Å².